The fraction of sp³-hybridized carbons (Fsp3) is 0.300. The van der Waals surface area contributed by atoms with Crippen LogP contribution in [0.15, 0.2) is 52.2 Å². The van der Waals surface area contributed by atoms with Gasteiger partial charge in [-0.3, -0.25) is 18.7 Å². The molecule has 0 radical (unpaired) electrons. The van der Waals surface area contributed by atoms with E-state index in [-0.39, 0.29) is 22.5 Å². The minimum Gasteiger partial charge on any atom is -0.383 e. The number of pyridine rings is 1. The molecule has 1 aromatic carbocycles. The van der Waals surface area contributed by atoms with Crippen molar-refractivity contribution < 1.29 is 9.53 Å². The van der Waals surface area contributed by atoms with Crippen LogP contribution in [-0.4, -0.2) is 45.2 Å². The third-order valence-electron chi connectivity index (χ3n) is 4.61. The normalized spacial score (nSPS) is 11.0. The predicted molar refractivity (Wildman–Crippen MR) is 105 cm³/mol. The van der Waals surface area contributed by atoms with Crippen LogP contribution in [0.4, 0.5) is 0 Å². The van der Waals surface area contributed by atoms with E-state index in [1.165, 1.54) is 23.9 Å². The highest BCUT2D eigenvalue weighted by molar-refractivity contribution is 5.96. The Bertz CT molecular complexity index is 1120. The first-order valence-electron chi connectivity index (χ1n) is 8.82. The van der Waals surface area contributed by atoms with Crippen molar-refractivity contribution in [2.45, 2.75) is 6.54 Å². The number of methoxy groups -OCH3 is 1. The molecule has 0 saturated heterocycles. The van der Waals surface area contributed by atoms with Crippen LogP contribution in [0.2, 0.25) is 0 Å². The molecule has 8 nitrogen and oxygen atoms in total. The number of nitrogens with zero attached hydrogens (tertiary/aromatic N) is 4. The lowest BCUT2D eigenvalue weighted by molar-refractivity contribution is 0.0680. The standard InChI is InChI=1S/C20H22N4O4/c1-22-17-16(19(26)23(2)20(22)27)11-15(12-21-17)18(25)24(9-10-28-3)13-14-7-5-4-6-8-14/h4-8,11-12H,9-10,13H2,1-3H3. The van der Waals surface area contributed by atoms with Gasteiger partial charge in [0.05, 0.1) is 17.6 Å². The molecule has 0 unspecified atom stereocenters. The summed E-state index contributed by atoms with van der Waals surface area (Å²) in [5, 5.41) is 0.224. The summed E-state index contributed by atoms with van der Waals surface area (Å²) in [6, 6.07) is 11.1. The van der Waals surface area contributed by atoms with E-state index in [0.29, 0.717) is 19.7 Å². The van der Waals surface area contributed by atoms with E-state index < -0.39 is 11.2 Å². The highest BCUT2D eigenvalue weighted by Gasteiger charge is 2.19. The van der Waals surface area contributed by atoms with E-state index in [1.807, 2.05) is 30.3 Å². The van der Waals surface area contributed by atoms with Gasteiger partial charge in [0.2, 0.25) is 0 Å². The van der Waals surface area contributed by atoms with Gasteiger partial charge in [0, 0.05) is 40.5 Å². The lowest BCUT2D eigenvalue weighted by atomic mass is 10.1. The molecule has 146 valence electrons. The smallest absolute Gasteiger partial charge is 0.332 e. The van der Waals surface area contributed by atoms with Crippen molar-refractivity contribution in [2.24, 2.45) is 14.1 Å². The topological polar surface area (TPSA) is 86.4 Å². The number of amides is 1. The molecule has 3 aromatic rings. The van der Waals surface area contributed by atoms with Gasteiger partial charge in [-0.05, 0) is 11.6 Å². The van der Waals surface area contributed by atoms with Gasteiger partial charge >= 0.3 is 5.69 Å². The van der Waals surface area contributed by atoms with Crippen molar-refractivity contribution in [3.05, 3.63) is 74.6 Å². The zero-order valence-electron chi connectivity index (χ0n) is 16.1. The van der Waals surface area contributed by atoms with Crippen molar-refractivity contribution in [3.8, 4) is 0 Å². The molecule has 8 heteroatoms. The highest BCUT2D eigenvalue weighted by Crippen LogP contribution is 2.13. The maximum absolute atomic E-state index is 13.1. The molecule has 2 aromatic heterocycles. The molecule has 3 rings (SSSR count). The van der Waals surface area contributed by atoms with Crippen molar-refractivity contribution in [3.63, 3.8) is 0 Å². The molecule has 0 N–H and O–H groups in total. The second-order valence-corrected chi connectivity index (χ2v) is 6.51. The van der Waals surface area contributed by atoms with E-state index in [0.717, 1.165) is 10.1 Å². The lowest BCUT2D eigenvalue weighted by Crippen LogP contribution is -2.38. The van der Waals surface area contributed by atoms with Crippen LogP contribution in [0.25, 0.3) is 11.0 Å². The molecule has 0 saturated carbocycles. The number of fused-ring (bicyclic) bond motifs is 1. The molecular formula is C20H22N4O4. The van der Waals surface area contributed by atoms with Crippen LogP contribution in [0.1, 0.15) is 15.9 Å². The molecule has 2 heterocycles. The number of rotatable bonds is 6. The van der Waals surface area contributed by atoms with Gasteiger partial charge in [0.25, 0.3) is 11.5 Å². The van der Waals surface area contributed by atoms with Crippen LogP contribution in [0.3, 0.4) is 0 Å². The summed E-state index contributed by atoms with van der Waals surface area (Å²) in [6.45, 7) is 1.19. The first-order chi connectivity index (χ1) is 13.4. The van der Waals surface area contributed by atoms with Crippen molar-refractivity contribution in [1.82, 2.24) is 19.0 Å². The van der Waals surface area contributed by atoms with Crippen LogP contribution in [0.5, 0.6) is 0 Å². The quantitative estimate of drug-likeness (QED) is 0.633. The van der Waals surface area contributed by atoms with Crippen LogP contribution in [0, 0.1) is 0 Å². The van der Waals surface area contributed by atoms with Crippen molar-refractivity contribution >= 4 is 16.9 Å². The van der Waals surface area contributed by atoms with Gasteiger partial charge < -0.3 is 9.64 Å². The number of aromatic nitrogens is 3. The number of carbonyl (C=O) groups excluding carboxylic acids is 1. The molecule has 0 fully saturated rings. The van der Waals surface area contributed by atoms with E-state index >= 15 is 0 Å². The highest BCUT2D eigenvalue weighted by atomic mass is 16.5. The SMILES string of the molecule is COCCN(Cc1ccccc1)C(=O)c1cnc2c(c1)c(=O)n(C)c(=O)n2C. The first kappa shape index (κ1) is 19.5. The second-order valence-electron chi connectivity index (χ2n) is 6.51. The van der Waals surface area contributed by atoms with Crippen molar-refractivity contribution in [1.29, 1.82) is 0 Å². The zero-order valence-corrected chi connectivity index (χ0v) is 16.1. The fourth-order valence-electron chi connectivity index (χ4n) is 3.02. The molecule has 28 heavy (non-hydrogen) atoms. The number of aryl methyl sites for hydroxylation is 1. The zero-order chi connectivity index (χ0) is 20.3. The van der Waals surface area contributed by atoms with Gasteiger partial charge in [0.15, 0.2) is 0 Å². The van der Waals surface area contributed by atoms with Gasteiger partial charge in [-0.25, -0.2) is 9.78 Å². The summed E-state index contributed by atoms with van der Waals surface area (Å²) in [5.41, 5.74) is 0.576. The molecular weight excluding hydrogens is 360 g/mol. The fourth-order valence-corrected chi connectivity index (χ4v) is 3.02. The molecule has 0 aliphatic heterocycles. The number of hydrogen-bond acceptors (Lipinski definition) is 5. The maximum atomic E-state index is 13.1. The second kappa shape index (κ2) is 8.18. The molecule has 0 bridgehead atoms. The minimum absolute atomic E-state index is 0.224. The minimum atomic E-state index is -0.480. The molecule has 0 spiro atoms. The average Bonchev–Trinajstić information content (AvgIpc) is 2.73. The van der Waals surface area contributed by atoms with Crippen LogP contribution in [-0.2, 0) is 25.4 Å². The van der Waals surface area contributed by atoms with Gasteiger partial charge in [-0.15, -0.1) is 0 Å². The summed E-state index contributed by atoms with van der Waals surface area (Å²) < 4.78 is 7.42. The summed E-state index contributed by atoms with van der Waals surface area (Å²) in [5.74, 6) is -0.258. The van der Waals surface area contributed by atoms with Crippen LogP contribution < -0.4 is 11.2 Å². The number of benzene rings is 1. The third kappa shape index (κ3) is 3.72. The largest absolute Gasteiger partial charge is 0.383 e. The van der Waals surface area contributed by atoms with Gasteiger partial charge in [-0.2, -0.15) is 0 Å². The van der Waals surface area contributed by atoms with E-state index in [1.54, 1.807) is 19.1 Å². The Morgan fingerprint density at radius 1 is 1.14 bits per heavy atom. The Kier molecular flexibility index (Phi) is 5.70. The molecule has 0 aliphatic carbocycles. The lowest BCUT2D eigenvalue weighted by Gasteiger charge is -2.22. The number of carbonyl (C=O) groups is 1. The van der Waals surface area contributed by atoms with Crippen molar-refractivity contribution in [2.75, 3.05) is 20.3 Å². The third-order valence-corrected chi connectivity index (χ3v) is 4.61. The first-order valence-corrected chi connectivity index (χ1v) is 8.82. The number of ether oxygens (including phenoxy) is 1. The maximum Gasteiger partial charge on any atom is 0.332 e. The van der Waals surface area contributed by atoms with E-state index in [9.17, 15) is 14.4 Å². The summed E-state index contributed by atoms with van der Waals surface area (Å²) in [4.78, 5) is 43.5. The Morgan fingerprint density at radius 2 is 1.86 bits per heavy atom. The Hall–Kier alpha value is -3.26. The summed E-state index contributed by atoms with van der Waals surface area (Å²) >= 11 is 0. The van der Waals surface area contributed by atoms with E-state index in [4.69, 9.17) is 4.74 Å². The molecule has 0 atom stereocenters. The average molecular weight is 382 g/mol. The summed E-state index contributed by atoms with van der Waals surface area (Å²) in [6.07, 6.45) is 1.40. The number of hydrogen-bond donors (Lipinski definition) is 0. The van der Waals surface area contributed by atoms with Gasteiger partial charge in [-0.1, -0.05) is 30.3 Å². The predicted octanol–water partition coefficient (Wildman–Crippen LogP) is 0.921. The molecule has 0 aliphatic rings. The monoisotopic (exact) mass is 382 g/mol. The van der Waals surface area contributed by atoms with E-state index in [2.05, 4.69) is 4.98 Å². The van der Waals surface area contributed by atoms with Gasteiger partial charge in [0.1, 0.15) is 5.65 Å². The Morgan fingerprint density at radius 3 is 2.54 bits per heavy atom. The van der Waals surface area contributed by atoms with Crippen LogP contribution >= 0.6 is 0 Å². The summed E-state index contributed by atoms with van der Waals surface area (Å²) in [7, 11) is 4.52. The Balaban J connectivity index is 2.01. The Labute approximate surface area is 161 Å². The molecule has 1 amide bonds.